The summed E-state index contributed by atoms with van der Waals surface area (Å²) in [6.45, 7) is 1.38. The van der Waals surface area contributed by atoms with E-state index < -0.39 is 11.6 Å². The Hall–Kier alpha value is -0.250. The van der Waals surface area contributed by atoms with Crippen LogP contribution < -0.4 is 5.73 Å². The lowest BCUT2D eigenvalue weighted by Gasteiger charge is -2.14. The van der Waals surface area contributed by atoms with Crippen LogP contribution in [0.15, 0.2) is 0 Å². The zero-order valence-electron chi connectivity index (χ0n) is 5.70. The van der Waals surface area contributed by atoms with Crippen molar-refractivity contribution in [3.8, 4) is 0 Å². The van der Waals surface area contributed by atoms with Gasteiger partial charge in [0.25, 0.3) is 0 Å². The quantitative estimate of drug-likeness (QED) is 0.607. The van der Waals surface area contributed by atoms with E-state index in [-0.39, 0.29) is 18.9 Å². The Labute approximate surface area is 57.4 Å². The van der Waals surface area contributed by atoms with E-state index in [1.54, 1.807) is 0 Å². The summed E-state index contributed by atoms with van der Waals surface area (Å²) in [5, 5.41) is 0. The molecule has 1 aliphatic carbocycles. The van der Waals surface area contributed by atoms with Crippen LogP contribution in [0.3, 0.4) is 0 Å². The van der Waals surface area contributed by atoms with E-state index >= 15 is 0 Å². The normalized spacial score (nSPS) is 39.9. The highest BCUT2D eigenvalue weighted by Crippen LogP contribution is 2.61. The standard InChI is InChI=1S/C6H10F3N/c1-5(6(7,8)9)2-4(5)3-10/h4H,2-3,10H2,1H3. The topological polar surface area (TPSA) is 26.0 Å². The molecular formula is C6H10F3N. The van der Waals surface area contributed by atoms with Crippen LogP contribution in [0.25, 0.3) is 0 Å². The van der Waals surface area contributed by atoms with Crippen molar-refractivity contribution in [2.24, 2.45) is 17.1 Å². The van der Waals surface area contributed by atoms with Crippen LogP contribution in [0.1, 0.15) is 13.3 Å². The van der Waals surface area contributed by atoms with Gasteiger partial charge in [-0.1, -0.05) is 6.92 Å². The van der Waals surface area contributed by atoms with Crippen molar-refractivity contribution in [3.05, 3.63) is 0 Å². The number of hydrogen-bond donors (Lipinski definition) is 1. The number of rotatable bonds is 1. The Bertz CT molecular complexity index is 142. The average molecular weight is 153 g/mol. The molecule has 1 rings (SSSR count). The summed E-state index contributed by atoms with van der Waals surface area (Å²) in [5.41, 5.74) is 3.64. The van der Waals surface area contributed by atoms with E-state index in [0.29, 0.717) is 0 Å². The minimum Gasteiger partial charge on any atom is -0.330 e. The van der Waals surface area contributed by atoms with E-state index in [2.05, 4.69) is 0 Å². The first-order chi connectivity index (χ1) is 4.42. The van der Waals surface area contributed by atoms with Gasteiger partial charge in [0.15, 0.2) is 0 Å². The lowest BCUT2D eigenvalue weighted by Crippen LogP contribution is -2.25. The third-order valence-electron chi connectivity index (χ3n) is 2.34. The molecule has 0 aliphatic heterocycles. The van der Waals surface area contributed by atoms with Crippen LogP contribution in [-0.4, -0.2) is 12.7 Å². The van der Waals surface area contributed by atoms with E-state index in [1.165, 1.54) is 6.92 Å². The maximum absolute atomic E-state index is 12.0. The van der Waals surface area contributed by atoms with Crippen molar-refractivity contribution in [1.29, 1.82) is 0 Å². The molecular weight excluding hydrogens is 143 g/mol. The van der Waals surface area contributed by atoms with E-state index in [4.69, 9.17) is 5.73 Å². The highest BCUT2D eigenvalue weighted by Gasteiger charge is 2.66. The van der Waals surface area contributed by atoms with Crippen molar-refractivity contribution >= 4 is 0 Å². The second-order valence-corrected chi connectivity index (χ2v) is 3.05. The lowest BCUT2D eigenvalue weighted by molar-refractivity contribution is -0.185. The first-order valence-electron chi connectivity index (χ1n) is 3.18. The molecule has 0 spiro atoms. The summed E-state index contributed by atoms with van der Waals surface area (Å²) in [6, 6.07) is 0. The van der Waals surface area contributed by atoms with Gasteiger partial charge >= 0.3 is 6.18 Å². The monoisotopic (exact) mass is 153 g/mol. The Morgan fingerprint density at radius 1 is 1.60 bits per heavy atom. The molecule has 60 valence electrons. The van der Waals surface area contributed by atoms with E-state index in [0.717, 1.165) is 0 Å². The highest BCUT2D eigenvalue weighted by molar-refractivity contribution is 5.04. The molecule has 10 heavy (non-hydrogen) atoms. The number of halogens is 3. The fourth-order valence-electron chi connectivity index (χ4n) is 1.14. The summed E-state index contributed by atoms with van der Waals surface area (Å²) in [5.74, 6) is -0.340. The van der Waals surface area contributed by atoms with Crippen molar-refractivity contribution in [2.75, 3.05) is 6.54 Å². The maximum atomic E-state index is 12.0. The van der Waals surface area contributed by atoms with Crippen molar-refractivity contribution in [1.82, 2.24) is 0 Å². The zero-order valence-corrected chi connectivity index (χ0v) is 5.70. The van der Waals surface area contributed by atoms with Crippen LogP contribution in [0.4, 0.5) is 13.2 Å². The number of nitrogens with two attached hydrogens (primary N) is 1. The fourth-order valence-corrected chi connectivity index (χ4v) is 1.14. The fraction of sp³-hybridized carbons (Fsp3) is 1.00. The molecule has 1 saturated carbocycles. The second kappa shape index (κ2) is 1.87. The van der Waals surface area contributed by atoms with Gasteiger partial charge in [-0.05, 0) is 18.9 Å². The van der Waals surface area contributed by atoms with Gasteiger partial charge in [0.1, 0.15) is 0 Å². The molecule has 1 fully saturated rings. The number of alkyl halides is 3. The van der Waals surface area contributed by atoms with Gasteiger partial charge in [0.2, 0.25) is 0 Å². The van der Waals surface area contributed by atoms with Gasteiger partial charge in [-0.25, -0.2) is 0 Å². The molecule has 0 amide bonds. The Morgan fingerprint density at radius 3 is 2.20 bits per heavy atom. The van der Waals surface area contributed by atoms with Gasteiger partial charge < -0.3 is 5.73 Å². The van der Waals surface area contributed by atoms with Crippen molar-refractivity contribution in [3.63, 3.8) is 0 Å². The first kappa shape index (κ1) is 7.85. The predicted molar refractivity (Wildman–Crippen MR) is 31.3 cm³/mol. The second-order valence-electron chi connectivity index (χ2n) is 3.05. The third kappa shape index (κ3) is 0.905. The largest absolute Gasteiger partial charge is 0.394 e. The number of hydrogen-bond acceptors (Lipinski definition) is 1. The molecule has 2 unspecified atom stereocenters. The Kier molecular flexibility index (Phi) is 1.47. The van der Waals surface area contributed by atoms with Crippen LogP contribution in [-0.2, 0) is 0 Å². The van der Waals surface area contributed by atoms with E-state index in [9.17, 15) is 13.2 Å². The summed E-state index contributed by atoms with van der Waals surface area (Å²) >= 11 is 0. The molecule has 0 bridgehead atoms. The minimum atomic E-state index is -4.06. The van der Waals surface area contributed by atoms with Gasteiger partial charge in [0, 0.05) is 0 Å². The molecule has 4 heteroatoms. The molecule has 1 aliphatic rings. The maximum Gasteiger partial charge on any atom is 0.394 e. The molecule has 2 atom stereocenters. The molecule has 0 saturated heterocycles. The molecule has 0 aromatic carbocycles. The average Bonchev–Trinajstić information content (AvgIpc) is 2.41. The highest BCUT2D eigenvalue weighted by atomic mass is 19.4. The van der Waals surface area contributed by atoms with Crippen LogP contribution in [0.5, 0.6) is 0 Å². The molecule has 0 heterocycles. The molecule has 0 aromatic heterocycles. The zero-order chi connectivity index (χ0) is 7.99. The summed E-state index contributed by atoms with van der Waals surface area (Å²) in [4.78, 5) is 0. The first-order valence-corrected chi connectivity index (χ1v) is 3.18. The summed E-state index contributed by atoms with van der Waals surface area (Å²) < 4.78 is 36.0. The van der Waals surface area contributed by atoms with Gasteiger partial charge in [0.05, 0.1) is 5.41 Å². The van der Waals surface area contributed by atoms with Crippen LogP contribution in [0.2, 0.25) is 0 Å². The molecule has 0 radical (unpaired) electrons. The smallest absolute Gasteiger partial charge is 0.330 e. The van der Waals surface area contributed by atoms with Crippen LogP contribution in [0, 0.1) is 11.3 Å². The molecule has 0 aromatic rings. The minimum absolute atomic E-state index is 0.149. The third-order valence-corrected chi connectivity index (χ3v) is 2.34. The van der Waals surface area contributed by atoms with Gasteiger partial charge in [-0.2, -0.15) is 13.2 Å². The van der Waals surface area contributed by atoms with E-state index in [1.807, 2.05) is 0 Å². The SMILES string of the molecule is CC1(C(F)(F)F)CC1CN. The van der Waals surface area contributed by atoms with Gasteiger partial charge in [-0.15, -0.1) is 0 Å². The van der Waals surface area contributed by atoms with Gasteiger partial charge in [-0.3, -0.25) is 0 Å². The van der Waals surface area contributed by atoms with Crippen LogP contribution >= 0.6 is 0 Å². The lowest BCUT2D eigenvalue weighted by atomic mass is 10.1. The Morgan fingerprint density at radius 2 is 2.10 bits per heavy atom. The molecule has 2 N–H and O–H groups in total. The summed E-state index contributed by atoms with van der Waals surface area (Å²) in [6.07, 6.45) is -3.86. The van der Waals surface area contributed by atoms with Crippen molar-refractivity contribution in [2.45, 2.75) is 19.5 Å². The molecule has 1 nitrogen and oxygen atoms in total. The predicted octanol–water partition coefficient (Wildman–Crippen LogP) is 1.53. The Balaban J connectivity index is 2.59. The summed E-state index contributed by atoms with van der Waals surface area (Å²) in [7, 11) is 0. The van der Waals surface area contributed by atoms with Crippen molar-refractivity contribution < 1.29 is 13.2 Å².